The normalized spacial score (nSPS) is 11.8. The highest BCUT2D eigenvalue weighted by atomic mass is 32.1. The molecular formula is C22H27N5S. The number of nitrogens with zero attached hydrogens (tertiary/aromatic N) is 5. The van der Waals surface area contributed by atoms with E-state index in [1.54, 1.807) is 11.3 Å². The number of thiophene rings is 1. The molecule has 28 heavy (non-hydrogen) atoms. The van der Waals surface area contributed by atoms with Crippen LogP contribution in [-0.4, -0.2) is 24.1 Å². The summed E-state index contributed by atoms with van der Waals surface area (Å²) in [4.78, 5) is 11.7. The van der Waals surface area contributed by atoms with Crippen molar-refractivity contribution in [2.24, 2.45) is 7.05 Å². The summed E-state index contributed by atoms with van der Waals surface area (Å²) in [5.74, 6) is 0.508. The number of fused-ring (bicyclic) bond motifs is 1. The largest absolute Gasteiger partial charge is 0.333 e. The first-order valence-electron chi connectivity index (χ1n) is 9.88. The number of aryl methyl sites for hydroxylation is 4. The molecule has 0 atom stereocenters. The Morgan fingerprint density at radius 3 is 2.50 bits per heavy atom. The highest BCUT2D eigenvalue weighted by Gasteiger charge is 2.22. The molecule has 0 amide bonds. The van der Waals surface area contributed by atoms with Crippen molar-refractivity contribution >= 4 is 17.0 Å². The lowest BCUT2D eigenvalue weighted by atomic mass is 9.95. The minimum atomic E-state index is 0.508. The molecule has 0 aliphatic rings. The third-order valence-corrected chi connectivity index (χ3v) is 6.80. The van der Waals surface area contributed by atoms with Crippen LogP contribution in [0.5, 0.6) is 0 Å². The zero-order valence-corrected chi connectivity index (χ0v) is 18.3. The monoisotopic (exact) mass is 393 g/mol. The molecule has 0 bridgehead atoms. The third kappa shape index (κ3) is 2.96. The smallest absolute Gasteiger partial charge is 0.158 e. The molecule has 4 aromatic heterocycles. The van der Waals surface area contributed by atoms with Crippen molar-refractivity contribution in [3.05, 3.63) is 47.2 Å². The van der Waals surface area contributed by atoms with Crippen molar-refractivity contribution in [1.29, 1.82) is 0 Å². The molecule has 0 saturated heterocycles. The molecule has 146 valence electrons. The van der Waals surface area contributed by atoms with Gasteiger partial charge in [0.15, 0.2) is 5.65 Å². The van der Waals surface area contributed by atoms with Crippen LogP contribution >= 0.6 is 11.3 Å². The van der Waals surface area contributed by atoms with Gasteiger partial charge in [0, 0.05) is 12.6 Å². The molecule has 0 fully saturated rings. The molecule has 0 radical (unpaired) electrons. The molecule has 0 aliphatic heterocycles. The van der Waals surface area contributed by atoms with E-state index in [9.17, 15) is 0 Å². The van der Waals surface area contributed by atoms with Crippen molar-refractivity contribution in [2.45, 2.75) is 53.4 Å². The van der Waals surface area contributed by atoms with Gasteiger partial charge in [-0.2, -0.15) is 5.10 Å². The first-order chi connectivity index (χ1) is 13.4. The van der Waals surface area contributed by atoms with Gasteiger partial charge < -0.3 is 4.57 Å². The summed E-state index contributed by atoms with van der Waals surface area (Å²) in [5.41, 5.74) is 7.88. The summed E-state index contributed by atoms with van der Waals surface area (Å²) in [6.45, 7) is 10.8. The van der Waals surface area contributed by atoms with Gasteiger partial charge in [-0.05, 0) is 57.2 Å². The maximum Gasteiger partial charge on any atom is 0.158 e. The molecule has 6 heteroatoms. The van der Waals surface area contributed by atoms with E-state index in [0.29, 0.717) is 5.92 Å². The summed E-state index contributed by atoms with van der Waals surface area (Å²) < 4.78 is 4.13. The Bertz CT molecular complexity index is 1140. The number of imidazole rings is 2. The van der Waals surface area contributed by atoms with Crippen LogP contribution in [0.2, 0.25) is 0 Å². The summed E-state index contributed by atoms with van der Waals surface area (Å²) in [5, 5.41) is 4.86. The topological polar surface area (TPSA) is 48.0 Å². The van der Waals surface area contributed by atoms with E-state index < -0.39 is 0 Å². The first-order valence-corrected chi connectivity index (χ1v) is 10.7. The predicted octanol–water partition coefficient (Wildman–Crippen LogP) is 5.69. The molecule has 4 heterocycles. The van der Waals surface area contributed by atoms with Crippen LogP contribution < -0.4 is 0 Å². The van der Waals surface area contributed by atoms with Crippen molar-refractivity contribution in [2.75, 3.05) is 0 Å². The minimum Gasteiger partial charge on any atom is -0.333 e. The van der Waals surface area contributed by atoms with Gasteiger partial charge in [-0.3, -0.25) is 0 Å². The van der Waals surface area contributed by atoms with Gasteiger partial charge >= 0.3 is 0 Å². The molecule has 5 nitrogen and oxygen atoms in total. The predicted molar refractivity (Wildman–Crippen MR) is 116 cm³/mol. The van der Waals surface area contributed by atoms with E-state index in [0.717, 1.165) is 41.3 Å². The molecule has 4 rings (SSSR count). The zero-order chi connectivity index (χ0) is 20.0. The second kappa shape index (κ2) is 7.17. The highest BCUT2D eigenvalue weighted by molar-refractivity contribution is 7.19. The quantitative estimate of drug-likeness (QED) is 0.438. The fraction of sp³-hybridized carbons (Fsp3) is 0.409. The van der Waals surface area contributed by atoms with E-state index in [2.05, 4.69) is 60.8 Å². The average molecular weight is 394 g/mol. The molecule has 0 saturated carbocycles. The van der Waals surface area contributed by atoms with Crippen molar-refractivity contribution in [1.82, 2.24) is 24.1 Å². The number of hydrogen-bond acceptors (Lipinski definition) is 4. The summed E-state index contributed by atoms with van der Waals surface area (Å²) in [6.07, 6.45) is 5.99. The fourth-order valence-electron chi connectivity index (χ4n) is 4.01. The Morgan fingerprint density at radius 1 is 1.11 bits per heavy atom. The second-order valence-corrected chi connectivity index (χ2v) is 8.60. The third-order valence-electron chi connectivity index (χ3n) is 5.54. The Balaban J connectivity index is 1.94. The average Bonchev–Trinajstić information content (AvgIpc) is 3.32. The van der Waals surface area contributed by atoms with E-state index in [1.807, 2.05) is 19.6 Å². The van der Waals surface area contributed by atoms with Crippen LogP contribution in [-0.2, 0) is 7.05 Å². The van der Waals surface area contributed by atoms with Gasteiger partial charge in [0.1, 0.15) is 5.69 Å². The van der Waals surface area contributed by atoms with Crippen LogP contribution in [0.15, 0.2) is 24.7 Å². The van der Waals surface area contributed by atoms with Gasteiger partial charge in [0.25, 0.3) is 0 Å². The standard InChI is InChI=1S/C22H27N5S/c1-7-16(8-2)17-10-14(4)25-27-20(15(5)24-22(17)27)21-13(3)9-19(28-21)18-11-23-12-26(18)6/h9-12,16H,7-8H2,1-6H3. The molecule has 4 aromatic rings. The van der Waals surface area contributed by atoms with Gasteiger partial charge in [-0.15, -0.1) is 11.3 Å². The Hall–Kier alpha value is -2.47. The van der Waals surface area contributed by atoms with Crippen molar-refractivity contribution in [3.8, 4) is 21.1 Å². The zero-order valence-electron chi connectivity index (χ0n) is 17.4. The van der Waals surface area contributed by atoms with Crippen LogP contribution in [0.25, 0.3) is 26.8 Å². The first kappa shape index (κ1) is 18.9. The SMILES string of the molecule is CCC(CC)c1cc(C)nn2c(-c3sc(-c4cncn4C)cc3C)c(C)nc12. The highest BCUT2D eigenvalue weighted by Crippen LogP contribution is 2.40. The molecule has 0 aromatic carbocycles. The minimum absolute atomic E-state index is 0.508. The summed E-state index contributed by atoms with van der Waals surface area (Å²) >= 11 is 1.79. The van der Waals surface area contributed by atoms with Gasteiger partial charge in [0.2, 0.25) is 0 Å². The fourth-order valence-corrected chi connectivity index (χ4v) is 5.31. The lowest BCUT2D eigenvalue weighted by molar-refractivity contribution is 0.638. The number of hydrogen-bond donors (Lipinski definition) is 0. The Labute approximate surface area is 170 Å². The second-order valence-electron chi connectivity index (χ2n) is 7.55. The van der Waals surface area contributed by atoms with Crippen LogP contribution in [0.4, 0.5) is 0 Å². The number of rotatable bonds is 5. The molecule has 0 aliphatic carbocycles. The number of aromatic nitrogens is 5. The van der Waals surface area contributed by atoms with Crippen LogP contribution in [0.3, 0.4) is 0 Å². The molecule has 0 spiro atoms. The van der Waals surface area contributed by atoms with Crippen molar-refractivity contribution in [3.63, 3.8) is 0 Å². The van der Waals surface area contributed by atoms with E-state index in [1.165, 1.54) is 20.9 Å². The summed E-state index contributed by atoms with van der Waals surface area (Å²) in [7, 11) is 2.03. The van der Waals surface area contributed by atoms with Crippen LogP contribution in [0, 0.1) is 20.8 Å². The van der Waals surface area contributed by atoms with Gasteiger partial charge in [0.05, 0.1) is 39.4 Å². The summed E-state index contributed by atoms with van der Waals surface area (Å²) in [6, 6.07) is 4.46. The van der Waals surface area contributed by atoms with Gasteiger partial charge in [-0.1, -0.05) is 13.8 Å². The maximum absolute atomic E-state index is 4.97. The Kier molecular flexibility index (Phi) is 4.83. The van der Waals surface area contributed by atoms with E-state index in [-0.39, 0.29) is 0 Å². The Morgan fingerprint density at radius 2 is 1.86 bits per heavy atom. The van der Waals surface area contributed by atoms with Gasteiger partial charge in [-0.25, -0.2) is 14.5 Å². The lowest BCUT2D eigenvalue weighted by Crippen LogP contribution is -2.05. The van der Waals surface area contributed by atoms with Crippen LogP contribution in [0.1, 0.15) is 55.1 Å². The lowest BCUT2D eigenvalue weighted by Gasteiger charge is -2.14. The van der Waals surface area contributed by atoms with E-state index in [4.69, 9.17) is 10.1 Å². The molecule has 0 N–H and O–H groups in total. The van der Waals surface area contributed by atoms with Crippen molar-refractivity contribution < 1.29 is 0 Å². The maximum atomic E-state index is 4.97. The molecular weight excluding hydrogens is 366 g/mol. The molecule has 0 unspecified atom stereocenters. The van der Waals surface area contributed by atoms with E-state index >= 15 is 0 Å².